The Bertz CT molecular complexity index is 851. The van der Waals surface area contributed by atoms with Gasteiger partial charge in [0.1, 0.15) is 5.75 Å². The highest BCUT2D eigenvalue weighted by Crippen LogP contribution is 2.25. The van der Waals surface area contributed by atoms with E-state index in [4.69, 9.17) is 0 Å². The quantitative estimate of drug-likeness (QED) is 0.778. The summed E-state index contributed by atoms with van der Waals surface area (Å²) in [7, 11) is 0. The molecule has 5 nitrogen and oxygen atoms in total. The molecule has 1 aliphatic rings. The van der Waals surface area contributed by atoms with Gasteiger partial charge in [-0.2, -0.15) is 8.78 Å². The highest BCUT2D eigenvalue weighted by Gasteiger charge is 2.21. The Morgan fingerprint density at radius 3 is 2.56 bits per heavy atom. The average molecular weight is 372 g/mol. The summed E-state index contributed by atoms with van der Waals surface area (Å²) in [6.07, 6.45) is 4.33. The van der Waals surface area contributed by atoms with Crippen molar-refractivity contribution in [3.8, 4) is 5.75 Å². The van der Waals surface area contributed by atoms with Crippen LogP contribution < -0.4 is 15.0 Å². The van der Waals surface area contributed by atoms with Crippen molar-refractivity contribution in [2.45, 2.75) is 19.5 Å². The summed E-state index contributed by atoms with van der Waals surface area (Å²) in [5, 5.41) is 2.51. The molecule has 7 heteroatoms. The summed E-state index contributed by atoms with van der Waals surface area (Å²) in [5.74, 6) is -0.463. The van der Waals surface area contributed by atoms with Gasteiger partial charge in [-0.15, -0.1) is 0 Å². The van der Waals surface area contributed by atoms with Crippen LogP contribution in [0.1, 0.15) is 18.4 Å². The Hall–Kier alpha value is -3.22. The SMILES string of the molecule is O=C(/C=C/c1ccc(N2CCCC2=O)cc1)Nc1ccccc1OC(F)F. The molecule has 1 fully saturated rings. The fraction of sp³-hybridized carbons (Fsp3) is 0.200. The number of alkyl halides is 2. The number of hydrogen-bond donors (Lipinski definition) is 1. The van der Waals surface area contributed by atoms with Crippen LogP contribution in [0.3, 0.4) is 0 Å². The number of hydrogen-bond acceptors (Lipinski definition) is 3. The zero-order valence-electron chi connectivity index (χ0n) is 14.4. The molecule has 0 atom stereocenters. The van der Waals surface area contributed by atoms with Crippen molar-refractivity contribution in [3.63, 3.8) is 0 Å². The second kappa shape index (κ2) is 8.44. The van der Waals surface area contributed by atoms with Crippen LogP contribution in [-0.4, -0.2) is 25.0 Å². The van der Waals surface area contributed by atoms with E-state index in [1.54, 1.807) is 29.2 Å². The minimum absolute atomic E-state index is 0.103. The molecule has 1 N–H and O–H groups in total. The van der Waals surface area contributed by atoms with E-state index in [2.05, 4.69) is 10.1 Å². The third-order valence-corrected chi connectivity index (χ3v) is 4.07. The molecule has 1 heterocycles. The van der Waals surface area contributed by atoms with Gasteiger partial charge in [0.05, 0.1) is 5.69 Å². The summed E-state index contributed by atoms with van der Waals surface area (Å²) in [6.45, 7) is -2.25. The van der Waals surface area contributed by atoms with E-state index in [1.165, 1.54) is 24.3 Å². The fourth-order valence-corrected chi connectivity index (χ4v) is 2.80. The monoisotopic (exact) mass is 372 g/mol. The van der Waals surface area contributed by atoms with E-state index in [0.29, 0.717) is 6.42 Å². The maximum absolute atomic E-state index is 12.4. The molecule has 140 valence electrons. The van der Waals surface area contributed by atoms with E-state index in [9.17, 15) is 18.4 Å². The number of amides is 2. The van der Waals surface area contributed by atoms with Gasteiger partial charge in [0.25, 0.3) is 0 Å². The fourth-order valence-electron chi connectivity index (χ4n) is 2.80. The standard InChI is InChI=1S/C20H18F2N2O3/c21-20(22)27-17-5-2-1-4-16(17)23-18(25)12-9-14-7-10-15(11-8-14)24-13-3-6-19(24)26/h1-2,4-5,7-12,20H,3,6,13H2,(H,23,25)/b12-9+. The molecular weight excluding hydrogens is 354 g/mol. The highest BCUT2D eigenvalue weighted by atomic mass is 19.3. The molecule has 2 amide bonds. The first-order chi connectivity index (χ1) is 13.0. The van der Waals surface area contributed by atoms with Gasteiger partial charge in [0.2, 0.25) is 11.8 Å². The van der Waals surface area contributed by atoms with Gasteiger partial charge >= 0.3 is 6.61 Å². The number of anilines is 2. The summed E-state index contributed by atoms with van der Waals surface area (Å²) in [5.41, 5.74) is 1.77. The molecule has 0 spiro atoms. The minimum atomic E-state index is -2.97. The third-order valence-electron chi connectivity index (χ3n) is 4.07. The van der Waals surface area contributed by atoms with Gasteiger partial charge in [-0.1, -0.05) is 24.3 Å². The minimum Gasteiger partial charge on any atom is -0.433 e. The van der Waals surface area contributed by atoms with Crippen molar-refractivity contribution >= 4 is 29.3 Å². The predicted octanol–water partition coefficient (Wildman–Crippen LogP) is 4.07. The number of carbonyl (C=O) groups excluding carboxylic acids is 2. The van der Waals surface area contributed by atoms with E-state index in [-0.39, 0.29) is 17.3 Å². The van der Waals surface area contributed by atoms with Gasteiger partial charge < -0.3 is 15.0 Å². The van der Waals surface area contributed by atoms with Gasteiger partial charge in [-0.05, 0) is 42.3 Å². The largest absolute Gasteiger partial charge is 0.433 e. The Labute approximate surface area is 155 Å². The van der Waals surface area contributed by atoms with Crippen molar-refractivity contribution in [3.05, 3.63) is 60.2 Å². The van der Waals surface area contributed by atoms with E-state index < -0.39 is 12.5 Å². The lowest BCUT2D eigenvalue weighted by Crippen LogP contribution is -2.23. The molecule has 2 aromatic rings. The Morgan fingerprint density at radius 1 is 1.15 bits per heavy atom. The van der Waals surface area contributed by atoms with Crippen molar-refractivity contribution in [1.29, 1.82) is 0 Å². The molecular formula is C20H18F2N2O3. The molecule has 1 saturated heterocycles. The molecule has 0 radical (unpaired) electrons. The van der Waals surface area contributed by atoms with Crippen LogP contribution in [0.5, 0.6) is 5.75 Å². The average Bonchev–Trinajstić information content (AvgIpc) is 3.08. The van der Waals surface area contributed by atoms with Gasteiger partial charge in [0, 0.05) is 24.7 Å². The maximum Gasteiger partial charge on any atom is 0.387 e. The second-order valence-electron chi connectivity index (χ2n) is 5.94. The van der Waals surface area contributed by atoms with Crippen LogP contribution in [0.4, 0.5) is 20.2 Å². The van der Waals surface area contributed by atoms with Gasteiger partial charge in [0.15, 0.2) is 0 Å². The maximum atomic E-state index is 12.4. The van der Waals surface area contributed by atoms with Crippen LogP contribution in [0.2, 0.25) is 0 Å². The van der Waals surface area contributed by atoms with Crippen LogP contribution in [0, 0.1) is 0 Å². The zero-order valence-corrected chi connectivity index (χ0v) is 14.4. The normalized spacial score (nSPS) is 14.2. The number of halogens is 2. The van der Waals surface area contributed by atoms with Crippen LogP contribution in [0.15, 0.2) is 54.6 Å². The summed E-state index contributed by atoms with van der Waals surface area (Å²) < 4.78 is 29.2. The van der Waals surface area contributed by atoms with Crippen molar-refractivity contribution in [2.24, 2.45) is 0 Å². The topological polar surface area (TPSA) is 58.6 Å². The molecule has 0 bridgehead atoms. The Morgan fingerprint density at radius 2 is 1.89 bits per heavy atom. The Kier molecular flexibility index (Phi) is 5.80. The molecule has 1 aliphatic heterocycles. The van der Waals surface area contributed by atoms with Gasteiger partial charge in [-0.25, -0.2) is 0 Å². The lowest BCUT2D eigenvalue weighted by atomic mass is 10.2. The van der Waals surface area contributed by atoms with Crippen molar-refractivity contribution in [1.82, 2.24) is 0 Å². The molecule has 0 unspecified atom stereocenters. The van der Waals surface area contributed by atoms with Crippen LogP contribution in [0.25, 0.3) is 6.08 Å². The van der Waals surface area contributed by atoms with Crippen LogP contribution in [-0.2, 0) is 9.59 Å². The number of carbonyl (C=O) groups is 2. The number of benzene rings is 2. The van der Waals surface area contributed by atoms with E-state index >= 15 is 0 Å². The molecule has 2 aromatic carbocycles. The molecule has 0 saturated carbocycles. The molecule has 0 aliphatic carbocycles. The lowest BCUT2D eigenvalue weighted by Gasteiger charge is -2.15. The number of ether oxygens (including phenoxy) is 1. The highest BCUT2D eigenvalue weighted by molar-refractivity contribution is 6.02. The number of para-hydroxylation sites is 2. The first-order valence-electron chi connectivity index (χ1n) is 8.46. The number of rotatable bonds is 6. The van der Waals surface area contributed by atoms with Crippen molar-refractivity contribution < 1.29 is 23.1 Å². The van der Waals surface area contributed by atoms with Gasteiger partial charge in [-0.3, -0.25) is 9.59 Å². The predicted molar refractivity (Wildman–Crippen MR) is 98.8 cm³/mol. The smallest absolute Gasteiger partial charge is 0.387 e. The molecule has 3 rings (SSSR count). The van der Waals surface area contributed by atoms with E-state index in [0.717, 1.165) is 24.2 Å². The summed E-state index contributed by atoms with van der Waals surface area (Å²) >= 11 is 0. The lowest BCUT2D eigenvalue weighted by molar-refractivity contribution is -0.117. The number of nitrogens with one attached hydrogen (secondary N) is 1. The van der Waals surface area contributed by atoms with Crippen LogP contribution >= 0.6 is 0 Å². The summed E-state index contributed by atoms with van der Waals surface area (Å²) in [6, 6.07) is 13.2. The Balaban J connectivity index is 1.63. The number of nitrogens with zero attached hydrogens (tertiary/aromatic N) is 1. The van der Waals surface area contributed by atoms with Crippen molar-refractivity contribution in [2.75, 3.05) is 16.8 Å². The zero-order chi connectivity index (χ0) is 19.2. The summed E-state index contributed by atoms with van der Waals surface area (Å²) in [4.78, 5) is 25.5. The van der Waals surface area contributed by atoms with E-state index in [1.807, 2.05) is 12.1 Å². The second-order valence-corrected chi connectivity index (χ2v) is 5.94. The third kappa shape index (κ3) is 4.91. The first-order valence-corrected chi connectivity index (χ1v) is 8.46. The first kappa shape index (κ1) is 18.6. The molecule has 0 aromatic heterocycles. The molecule has 27 heavy (non-hydrogen) atoms.